The third-order valence-electron chi connectivity index (χ3n) is 6.11. The lowest BCUT2D eigenvalue weighted by Crippen LogP contribution is -2.66. The Morgan fingerprint density at radius 3 is 1.82 bits per heavy atom. The summed E-state index contributed by atoms with van der Waals surface area (Å²) in [6.07, 6.45) is 13.6. The Labute approximate surface area is 201 Å². The van der Waals surface area contributed by atoms with E-state index in [-0.39, 0.29) is 5.04 Å². The van der Waals surface area contributed by atoms with Crippen molar-refractivity contribution in [3.63, 3.8) is 0 Å². The molecule has 2 aromatic carbocycles. The van der Waals surface area contributed by atoms with Crippen molar-refractivity contribution in [1.29, 1.82) is 0 Å². The highest BCUT2D eigenvalue weighted by Crippen LogP contribution is 2.36. The fourth-order valence-corrected chi connectivity index (χ4v) is 9.04. The minimum absolute atomic E-state index is 0.0431. The van der Waals surface area contributed by atoms with E-state index in [0.717, 1.165) is 38.7 Å². The second-order valence-corrected chi connectivity index (χ2v) is 13.9. The summed E-state index contributed by atoms with van der Waals surface area (Å²) in [4.78, 5) is 2.78. The molecule has 0 aromatic heterocycles. The Morgan fingerprint density at radius 2 is 1.30 bits per heavy atom. The molecule has 0 heterocycles. The molecule has 0 amide bonds. The van der Waals surface area contributed by atoms with Crippen LogP contribution in [0, 0.1) is 0 Å². The molecule has 0 bridgehead atoms. The van der Waals surface area contributed by atoms with Gasteiger partial charge in [0.2, 0.25) is 0 Å². The van der Waals surface area contributed by atoms with Gasteiger partial charge in [0.05, 0.1) is 0 Å². The standard InChI is InChI=1S/C28H41N3OSi/c1-28(2,3)33(26-20-14-12-15-21-26,27-22-16-13-17-23-27)32-25-19-11-9-7-5-4-6-8-10-18-24-30-31-29/h4,6,12-17,20-23H,5,7-11,18-19,24-25H2,1-3H3. The molecule has 0 unspecified atom stereocenters. The van der Waals surface area contributed by atoms with Crippen molar-refractivity contribution >= 4 is 18.7 Å². The highest BCUT2D eigenvalue weighted by Gasteiger charge is 2.49. The Bertz CT molecular complexity index is 816. The lowest BCUT2D eigenvalue weighted by molar-refractivity contribution is 0.286. The zero-order valence-electron chi connectivity index (χ0n) is 20.7. The topological polar surface area (TPSA) is 58.0 Å². The molecule has 0 aliphatic heterocycles. The molecule has 0 atom stereocenters. The first-order valence-corrected chi connectivity index (χ1v) is 14.3. The van der Waals surface area contributed by atoms with Crippen LogP contribution >= 0.6 is 0 Å². The van der Waals surface area contributed by atoms with Gasteiger partial charge in [-0.25, -0.2) is 0 Å². The third-order valence-corrected chi connectivity index (χ3v) is 11.2. The van der Waals surface area contributed by atoms with Gasteiger partial charge in [0.15, 0.2) is 0 Å². The van der Waals surface area contributed by atoms with Crippen molar-refractivity contribution in [2.45, 2.75) is 77.2 Å². The number of allylic oxidation sites excluding steroid dienone is 2. The first-order chi connectivity index (χ1) is 16.0. The molecule has 0 radical (unpaired) electrons. The van der Waals surface area contributed by atoms with Gasteiger partial charge in [-0.3, -0.25) is 0 Å². The minimum Gasteiger partial charge on any atom is -0.407 e. The summed E-state index contributed by atoms with van der Waals surface area (Å²) in [5.41, 5.74) is 8.26. The maximum atomic E-state index is 8.26. The summed E-state index contributed by atoms with van der Waals surface area (Å²) < 4.78 is 6.96. The average Bonchev–Trinajstić information content (AvgIpc) is 2.82. The van der Waals surface area contributed by atoms with Crippen LogP contribution in [0.1, 0.15) is 72.1 Å². The van der Waals surface area contributed by atoms with E-state index in [4.69, 9.17) is 9.96 Å². The molecule has 33 heavy (non-hydrogen) atoms. The summed E-state index contributed by atoms with van der Waals surface area (Å²) in [6, 6.07) is 21.8. The maximum absolute atomic E-state index is 8.26. The monoisotopic (exact) mass is 463 g/mol. The quantitative estimate of drug-likeness (QED) is 0.0671. The van der Waals surface area contributed by atoms with Gasteiger partial charge in [0.1, 0.15) is 0 Å². The van der Waals surface area contributed by atoms with Crippen LogP contribution in [0.2, 0.25) is 5.04 Å². The molecule has 0 saturated heterocycles. The minimum atomic E-state index is -2.39. The summed E-state index contributed by atoms with van der Waals surface area (Å²) in [5.74, 6) is 0. The number of unbranched alkanes of at least 4 members (excludes halogenated alkanes) is 6. The van der Waals surface area contributed by atoms with E-state index >= 15 is 0 Å². The lowest BCUT2D eigenvalue weighted by atomic mass is 10.1. The van der Waals surface area contributed by atoms with Gasteiger partial charge in [-0.1, -0.05) is 112 Å². The van der Waals surface area contributed by atoms with E-state index in [1.54, 1.807) is 0 Å². The fraction of sp³-hybridized carbons (Fsp3) is 0.500. The van der Waals surface area contributed by atoms with Crippen LogP contribution in [0.25, 0.3) is 10.4 Å². The molecule has 5 heteroatoms. The molecular formula is C28H41N3OSi. The first kappa shape index (κ1) is 26.9. The van der Waals surface area contributed by atoms with Crippen molar-refractivity contribution in [2.24, 2.45) is 5.11 Å². The molecule has 0 fully saturated rings. The summed E-state index contributed by atoms with van der Waals surface area (Å²) in [5, 5.41) is 6.32. The molecule has 0 saturated carbocycles. The molecular weight excluding hydrogens is 422 g/mol. The first-order valence-electron chi connectivity index (χ1n) is 12.4. The van der Waals surface area contributed by atoms with Crippen molar-refractivity contribution in [3.8, 4) is 0 Å². The molecule has 2 rings (SSSR count). The van der Waals surface area contributed by atoms with Gasteiger partial charge >= 0.3 is 0 Å². The Kier molecular flexibility index (Phi) is 12.0. The summed E-state index contributed by atoms with van der Waals surface area (Å²) in [6.45, 7) is 8.43. The van der Waals surface area contributed by atoms with Crippen LogP contribution in [0.5, 0.6) is 0 Å². The fourth-order valence-electron chi connectivity index (χ4n) is 4.43. The van der Waals surface area contributed by atoms with Crippen molar-refractivity contribution in [1.82, 2.24) is 0 Å². The molecule has 0 spiro atoms. The van der Waals surface area contributed by atoms with Crippen LogP contribution < -0.4 is 10.4 Å². The molecule has 0 N–H and O–H groups in total. The second-order valence-electron chi connectivity index (χ2n) is 9.64. The molecule has 178 valence electrons. The number of benzene rings is 2. The maximum Gasteiger partial charge on any atom is 0.261 e. The van der Waals surface area contributed by atoms with Gasteiger partial charge in [0, 0.05) is 18.1 Å². The molecule has 2 aromatic rings. The highest BCUT2D eigenvalue weighted by molar-refractivity contribution is 6.99. The van der Waals surface area contributed by atoms with E-state index in [1.807, 2.05) is 0 Å². The number of nitrogens with zero attached hydrogens (tertiary/aromatic N) is 3. The van der Waals surface area contributed by atoms with Crippen LogP contribution in [0.3, 0.4) is 0 Å². The molecule has 4 nitrogen and oxygen atoms in total. The van der Waals surface area contributed by atoms with Crippen LogP contribution in [-0.4, -0.2) is 21.5 Å². The third kappa shape index (κ3) is 8.51. The summed E-state index contributed by atoms with van der Waals surface area (Å²) >= 11 is 0. The summed E-state index contributed by atoms with van der Waals surface area (Å²) in [7, 11) is -2.39. The molecule has 0 aliphatic rings. The second kappa shape index (κ2) is 14.7. The highest BCUT2D eigenvalue weighted by atomic mass is 28.4. The van der Waals surface area contributed by atoms with E-state index in [9.17, 15) is 0 Å². The SMILES string of the molecule is CC(C)(C)[Si](OCCCCCCC=CCCCCN=[N+]=[N-])(c1ccccc1)c1ccccc1. The zero-order valence-corrected chi connectivity index (χ0v) is 21.7. The zero-order chi connectivity index (χ0) is 23.8. The van der Waals surface area contributed by atoms with E-state index in [2.05, 4.69) is 104 Å². The van der Waals surface area contributed by atoms with Crippen molar-refractivity contribution in [2.75, 3.05) is 13.2 Å². The number of hydrogen-bond donors (Lipinski definition) is 0. The van der Waals surface area contributed by atoms with E-state index in [0.29, 0.717) is 6.54 Å². The van der Waals surface area contributed by atoms with E-state index in [1.165, 1.54) is 29.6 Å². The van der Waals surface area contributed by atoms with Crippen LogP contribution in [0.4, 0.5) is 0 Å². The Balaban J connectivity index is 1.83. The predicted octanol–water partition coefficient (Wildman–Crippen LogP) is 7.55. The van der Waals surface area contributed by atoms with Crippen LogP contribution in [0.15, 0.2) is 77.9 Å². The van der Waals surface area contributed by atoms with Gasteiger partial charge in [-0.15, -0.1) is 0 Å². The smallest absolute Gasteiger partial charge is 0.261 e. The van der Waals surface area contributed by atoms with Gasteiger partial charge in [-0.05, 0) is 59.5 Å². The van der Waals surface area contributed by atoms with Crippen LogP contribution in [-0.2, 0) is 4.43 Å². The average molecular weight is 464 g/mol. The van der Waals surface area contributed by atoms with Gasteiger partial charge in [-0.2, -0.15) is 0 Å². The van der Waals surface area contributed by atoms with Gasteiger partial charge in [0.25, 0.3) is 8.32 Å². The number of hydrogen-bond acceptors (Lipinski definition) is 2. The largest absolute Gasteiger partial charge is 0.407 e. The number of azide groups is 1. The molecule has 0 aliphatic carbocycles. The van der Waals surface area contributed by atoms with Crippen molar-refractivity contribution in [3.05, 3.63) is 83.3 Å². The number of rotatable bonds is 15. The normalized spacial score (nSPS) is 12.1. The Morgan fingerprint density at radius 1 is 0.788 bits per heavy atom. The lowest BCUT2D eigenvalue weighted by Gasteiger charge is -2.43. The van der Waals surface area contributed by atoms with Crippen molar-refractivity contribution < 1.29 is 4.43 Å². The Hall–Kier alpha value is -2.33. The van der Waals surface area contributed by atoms with E-state index < -0.39 is 8.32 Å². The predicted molar refractivity (Wildman–Crippen MR) is 144 cm³/mol. The van der Waals surface area contributed by atoms with Gasteiger partial charge < -0.3 is 4.43 Å².